The zero-order chi connectivity index (χ0) is 15.2. The lowest BCUT2D eigenvalue weighted by molar-refractivity contribution is 0.151. The van der Waals surface area contributed by atoms with E-state index in [1.807, 2.05) is 43.1 Å². The van der Waals surface area contributed by atoms with E-state index in [9.17, 15) is 5.11 Å². The number of aryl methyl sites for hydroxylation is 2. The van der Waals surface area contributed by atoms with E-state index in [0.717, 1.165) is 5.76 Å². The second kappa shape index (κ2) is 8.84. The number of aliphatic hydroxyl groups is 1. The lowest BCUT2D eigenvalue weighted by atomic mass is 10.3. The standard InChI is InChI=1S/C15H22N4O2.HI/c1-11-4-5-14(21-11)13(20)9-18-15(16-2)17-8-12-6-7-19(3)10-12;/h4-7,10,13,20H,8-9H2,1-3H3,(H2,16,17,18);1H. The predicted molar refractivity (Wildman–Crippen MR) is 97.4 cm³/mol. The van der Waals surface area contributed by atoms with Crippen LogP contribution in [0.25, 0.3) is 0 Å². The van der Waals surface area contributed by atoms with Gasteiger partial charge < -0.3 is 24.7 Å². The Morgan fingerprint density at radius 2 is 2.14 bits per heavy atom. The molecule has 0 amide bonds. The average molecular weight is 418 g/mol. The summed E-state index contributed by atoms with van der Waals surface area (Å²) in [6.07, 6.45) is 3.34. The predicted octanol–water partition coefficient (Wildman–Crippen LogP) is 1.94. The molecule has 2 aromatic rings. The van der Waals surface area contributed by atoms with Crippen LogP contribution in [0.3, 0.4) is 0 Å². The minimum Gasteiger partial charge on any atom is -0.464 e. The van der Waals surface area contributed by atoms with E-state index < -0.39 is 6.10 Å². The van der Waals surface area contributed by atoms with Gasteiger partial charge in [-0.25, -0.2) is 0 Å². The Balaban J connectivity index is 0.00000242. The number of nitrogens with zero attached hydrogens (tertiary/aromatic N) is 2. The first-order chi connectivity index (χ1) is 10.1. The van der Waals surface area contributed by atoms with Gasteiger partial charge in [-0.15, -0.1) is 24.0 Å². The topological polar surface area (TPSA) is 74.7 Å². The Morgan fingerprint density at radius 1 is 1.36 bits per heavy atom. The molecule has 0 radical (unpaired) electrons. The number of halogens is 1. The maximum atomic E-state index is 10.0. The van der Waals surface area contributed by atoms with Gasteiger partial charge in [0.25, 0.3) is 0 Å². The molecule has 2 aromatic heterocycles. The van der Waals surface area contributed by atoms with Crippen LogP contribution in [0.2, 0.25) is 0 Å². The molecule has 6 nitrogen and oxygen atoms in total. The second-order valence-corrected chi connectivity index (χ2v) is 4.96. The number of aliphatic hydroxyl groups excluding tert-OH is 1. The molecule has 122 valence electrons. The molecule has 0 saturated heterocycles. The highest BCUT2D eigenvalue weighted by Gasteiger charge is 2.12. The van der Waals surface area contributed by atoms with E-state index >= 15 is 0 Å². The van der Waals surface area contributed by atoms with E-state index in [-0.39, 0.29) is 24.0 Å². The highest BCUT2D eigenvalue weighted by atomic mass is 127. The van der Waals surface area contributed by atoms with Gasteiger partial charge in [0.2, 0.25) is 0 Å². The Morgan fingerprint density at radius 3 is 2.68 bits per heavy atom. The maximum Gasteiger partial charge on any atom is 0.191 e. The van der Waals surface area contributed by atoms with Crippen LogP contribution in [-0.2, 0) is 13.6 Å². The van der Waals surface area contributed by atoms with Crippen LogP contribution in [0.15, 0.2) is 40.0 Å². The smallest absolute Gasteiger partial charge is 0.191 e. The third kappa shape index (κ3) is 5.38. The first-order valence-electron chi connectivity index (χ1n) is 6.88. The van der Waals surface area contributed by atoms with Crippen molar-refractivity contribution < 1.29 is 9.52 Å². The van der Waals surface area contributed by atoms with Gasteiger partial charge in [0.15, 0.2) is 5.96 Å². The fourth-order valence-electron chi connectivity index (χ4n) is 2.00. The Bertz CT molecular complexity index is 606. The lowest BCUT2D eigenvalue weighted by Crippen LogP contribution is -2.38. The Labute approximate surface area is 147 Å². The minimum absolute atomic E-state index is 0. The van der Waals surface area contributed by atoms with Gasteiger partial charge in [0.05, 0.1) is 6.54 Å². The average Bonchev–Trinajstić information content (AvgIpc) is 3.07. The molecule has 7 heteroatoms. The summed E-state index contributed by atoms with van der Waals surface area (Å²) in [4.78, 5) is 4.13. The molecule has 0 fully saturated rings. The van der Waals surface area contributed by atoms with Crippen LogP contribution in [0.4, 0.5) is 0 Å². The van der Waals surface area contributed by atoms with Gasteiger partial charge in [-0.2, -0.15) is 0 Å². The fourth-order valence-corrected chi connectivity index (χ4v) is 2.00. The molecule has 1 atom stereocenters. The van der Waals surface area contributed by atoms with Crippen LogP contribution in [0, 0.1) is 6.92 Å². The normalized spacial score (nSPS) is 12.6. The minimum atomic E-state index is -0.700. The third-order valence-electron chi connectivity index (χ3n) is 3.13. The Kier molecular flexibility index (Phi) is 7.46. The van der Waals surface area contributed by atoms with Crippen LogP contribution in [0.5, 0.6) is 0 Å². The number of rotatable bonds is 5. The van der Waals surface area contributed by atoms with Crippen LogP contribution >= 0.6 is 24.0 Å². The number of aliphatic imine (C=N–C) groups is 1. The molecular weight excluding hydrogens is 395 g/mol. The van der Waals surface area contributed by atoms with E-state index in [1.165, 1.54) is 5.56 Å². The van der Waals surface area contributed by atoms with Crippen molar-refractivity contribution in [3.63, 3.8) is 0 Å². The van der Waals surface area contributed by atoms with Gasteiger partial charge in [0.1, 0.15) is 17.6 Å². The quantitative estimate of drug-likeness (QED) is 0.394. The first kappa shape index (κ1) is 18.6. The molecule has 3 N–H and O–H groups in total. The van der Waals surface area contributed by atoms with Crippen LogP contribution in [0.1, 0.15) is 23.2 Å². The molecule has 0 aromatic carbocycles. The highest BCUT2D eigenvalue weighted by molar-refractivity contribution is 14.0. The Hall–Kier alpha value is -1.48. The number of nitrogens with one attached hydrogen (secondary N) is 2. The molecule has 0 aliphatic rings. The van der Waals surface area contributed by atoms with E-state index in [1.54, 1.807) is 13.1 Å². The summed E-state index contributed by atoms with van der Waals surface area (Å²) < 4.78 is 7.39. The SMILES string of the molecule is CN=C(NCc1ccn(C)c1)NCC(O)c1ccc(C)o1.I. The monoisotopic (exact) mass is 418 g/mol. The van der Waals surface area contributed by atoms with Crippen molar-refractivity contribution in [2.45, 2.75) is 19.6 Å². The number of hydrogen-bond acceptors (Lipinski definition) is 3. The summed E-state index contributed by atoms with van der Waals surface area (Å²) in [5.74, 6) is 1.98. The summed E-state index contributed by atoms with van der Waals surface area (Å²) in [5, 5.41) is 16.3. The third-order valence-corrected chi connectivity index (χ3v) is 3.13. The molecule has 0 spiro atoms. The number of aromatic nitrogens is 1. The lowest BCUT2D eigenvalue weighted by Gasteiger charge is -2.13. The molecule has 2 rings (SSSR count). The molecule has 22 heavy (non-hydrogen) atoms. The fraction of sp³-hybridized carbons (Fsp3) is 0.400. The van der Waals surface area contributed by atoms with E-state index in [0.29, 0.717) is 24.8 Å². The van der Waals surface area contributed by atoms with Crippen LogP contribution in [-0.4, -0.2) is 29.2 Å². The first-order valence-corrected chi connectivity index (χ1v) is 6.88. The van der Waals surface area contributed by atoms with Gasteiger partial charge in [-0.05, 0) is 30.7 Å². The molecule has 0 bridgehead atoms. The second-order valence-electron chi connectivity index (χ2n) is 4.96. The van der Waals surface area contributed by atoms with Crippen molar-refractivity contribution >= 4 is 29.9 Å². The van der Waals surface area contributed by atoms with Gasteiger partial charge in [0, 0.05) is 33.0 Å². The van der Waals surface area contributed by atoms with Crippen molar-refractivity contribution in [1.82, 2.24) is 15.2 Å². The van der Waals surface area contributed by atoms with Crippen molar-refractivity contribution in [3.05, 3.63) is 47.7 Å². The molecule has 0 saturated carbocycles. The molecule has 1 unspecified atom stereocenters. The largest absolute Gasteiger partial charge is 0.464 e. The summed E-state index contributed by atoms with van der Waals surface area (Å²) in [5.41, 5.74) is 1.17. The van der Waals surface area contributed by atoms with Crippen molar-refractivity contribution in [1.29, 1.82) is 0 Å². The van der Waals surface area contributed by atoms with Gasteiger partial charge in [-0.1, -0.05) is 0 Å². The molecular formula is C15H23IN4O2. The number of furan rings is 1. The highest BCUT2D eigenvalue weighted by Crippen LogP contribution is 2.14. The van der Waals surface area contributed by atoms with Crippen molar-refractivity contribution in [3.8, 4) is 0 Å². The molecule has 0 aliphatic carbocycles. The van der Waals surface area contributed by atoms with Crippen molar-refractivity contribution in [2.75, 3.05) is 13.6 Å². The summed E-state index contributed by atoms with van der Waals surface area (Å²) >= 11 is 0. The number of guanidine groups is 1. The summed E-state index contributed by atoms with van der Waals surface area (Å²) in [7, 11) is 3.68. The zero-order valence-corrected chi connectivity index (χ0v) is 15.4. The number of hydrogen-bond donors (Lipinski definition) is 3. The molecule has 0 aliphatic heterocycles. The van der Waals surface area contributed by atoms with Gasteiger partial charge in [-0.3, -0.25) is 4.99 Å². The van der Waals surface area contributed by atoms with Crippen LogP contribution < -0.4 is 10.6 Å². The zero-order valence-electron chi connectivity index (χ0n) is 13.0. The summed E-state index contributed by atoms with van der Waals surface area (Å²) in [6, 6.07) is 5.66. The summed E-state index contributed by atoms with van der Waals surface area (Å²) in [6.45, 7) is 2.86. The van der Waals surface area contributed by atoms with Gasteiger partial charge >= 0.3 is 0 Å². The van der Waals surface area contributed by atoms with E-state index in [2.05, 4.69) is 15.6 Å². The van der Waals surface area contributed by atoms with E-state index in [4.69, 9.17) is 4.42 Å². The van der Waals surface area contributed by atoms with Crippen molar-refractivity contribution in [2.24, 2.45) is 12.0 Å². The molecule has 2 heterocycles. The maximum absolute atomic E-state index is 10.0.